The van der Waals surface area contributed by atoms with Gasteiger partial charge in [-0.3, -0.25) is 14.7 Å². The minimum absolute atomic E-state index is 0.0954. The minimum Gasteiger partial charge on any atom is -0.468 e. The van der Waals surface area contributed by atoms with Crippen molar-refractivity contribution in [2.24, 2.45) is 0 Å². The highest BCUT2D eigenvalue weighted by Crippen LogP contribution is 2.29. The van der Waals surface area contributed by atoms with Crippen molar-refractivity contribution in [3.63, 3.8) is 0 Å². The average Bonchev–Trinajstić information content (AvgIpc) is 2.28. The van der Waals surface area contributed by atoms with Crippen molar-refractivity contribution < 1.29 is 9.53 Å². The van der Waals surface area contributed by atoms with Crippen LogP contribution in [-0.4, -0.2) is 35.5 Å². The van der Waals surface area contributed by atoms with Crippen molar-refractivity contribution in [3.8, 4) is 0 Å². The van der Waals surface area contributed by atoms with Gasteiger partial charge in [0.1, 0.15) is 6.04 Å². The fraction of sp³-hybridized carbons (Fsp3) is 0.500. The predicted molar refractivity (Wildman–Crippen MR) is 59.8 cm³/mol. The molecule has 0 N–H and O–H groups in total. The molecule has 2 unspecified atom stereocenters. The quantitative estimate of drug-likeness (QED) is 0.722. The maximum atomic E-state index is 11.5. The molecular formula is C12H16N2O2. The third kappa shape index (κ3) is 1.93. The molecule has 0 spiro atoms. The van der Waals surface area contributed by atoms with Crippen molar-refractivity contribution >= 4 is 5.97 Å². The molecule has 1 aromatic rings. The van der Waals surface area contributed by atoms with Crippen molar-refractivity contribution in [1.29, 1.82) is 0 Å². The summed E-state index contributed by atoms with van der Waals surface area (Å²) in [7, 11) is 1.43. The van der Waals surface area contributed by atoms with Gasteiger partial charge in [0, 0.05) is 12.7 Å². The first-order valence-electron chi connectivity index (χ1n) is 5.48. The molecule has 86 valence electrons. The van der Waals surface area contributed by atoms with E-state index >= 15 is 0 Å². The van der Waals surface area contributed by atoms with Crippen LogP contribution in [0.15, 0.2) is 24.4 Å². The van der Waals surface area contributed by atoms with E-state index in [1.54, 1.807) is 6.20 Å². The summed E-state index contributed by atoms with van der Waals surface area (Å²) in [5.74, 6) is -0.144. The zero-order chi connectivity index (χ0) is 11.5. The van der Waals surface area contributed by atoms with E-state index in [-0.39, 0.29) is 18.1 Å². The molecule has 0 aromatic carbocycles. The first-order chi connectivity index (χ1) is 7.74. The molecule has 16 heavy (non-hydrogen) atoms. The normalized spacial score (nSPS) is 22.2. The summed E-state index contributed by atoms with van der Waals surface area (Å²) in [6.07, 6.45) is 2.66. The maximum Gasteiger partial charge on any atom is 0.323 e. The molecule has 1 aromatic heterocycles. The highest BCUT2D eigenvalue weighted by Gasteiger charge is 2.38. The Kier molecular flexibility index (Phi) is 3.19. The standard InChI is InChI=1S/C12H16N2O2/c1-9(10-5-3-4-7-13-10)14-8-6-11(14)12(15)16-2/h3-5,7,9,11H,6,8H2,1-2H3. The summed E-state index contributed by atoms with van der Waals surface area (Å²) in [5, 5.41) is 0. The van der Waals surface area contributed by atoms with Gasteiger partial charge < -0.3 is 4.74 Å². The largest absolute Gasteiger partial charge is 0.468 e. The number of ether oxygens (including phenoxy) is 1. The number of esters is 1. The van der Waals surface area contributed by atoms with Crippen LogP contribution < -0.4 is 0 Å². The fourth-order valence-electron chi connectivity index (χ4n) is 2.05. The second-order valence-corrected chi connectivity index (χ2v) is 4.00. The lowest BCUT2D eigenvalue weighted by molar-refractivity contribution is -0.153. The Bertz CT molecular complexity index is 367. The maximum absolute atomic E-state index is 11.5. The second kappa shape index (κ2) is 4.61. The summed E-state index contributed by atoms with van der Waals surface area (Å²) in [6, 6.07) is 5.91. The Morgan fingerprint density at radius 3 is 2.94 bits per heavy atom. The minimum atomic E-state index is -0.144. The van der Waals surface area contributed by atoms with Crippen LogP contribution in [0, 0.1) is 0 Å². The van der Waals surface area contributed by atoms with Crippen molar-refractivity contribution in [3.05, 3.63) is 30.1 Å². The van der Waals surface area contributed by atoms with Crippen LogP contribution in [0.3, 0.4) is 0 Å². The lowest BCUT2D eigenvalue weighted by atomic mass is 9.98. The monoisotopic (exact) mass is 220 g/mol. The van der Waals surface area contributed by atoms with Gasteiger partial charge in [0.05, 0.1) is 18.8 Å². The highest BCUT2D eigenvalue weighted by molar-refractivity contribution is 5.76. The van der Waals surface area contributed by atoms with Crippen LogP contribution >= 0.6 is 0 Å². The molecule has 0 radical (unpaired) electrons. The molecule has 0 saturated carbocycles. The van der Waals surface area contributed by atoms with Crippen LogP contribution in [0.1, 0.15) is 25.1 Å². The van der Waals surface area contributed by atoms with Gasteiger partial charge >= 0.3 is 5.97 Å². The molecule has 2 atom stereocenters. The first-order valence-corrected chi connectivity index (χ1v) is 5.48. The molecule has 2 heterocycles. The van der Waals surface area contributed by atoms with Crippen LogP contribution in [0.5, 0.6) is 0 Å². The Balaban J connectivity index is 2.06. The van der Waals surface area contributed by atoms with Crippen LogP contribution in [0.25, 0.3) is 0 Å². The number of aromatic nitrogens is 1. The lowest BCUT2D eigenvalue weighted by Crippen LogP contribution is -2.53. The van der Waals surface area contributed by atoms with E-state index in [9.17, 15) is 4.79 Å². The SMILES string of the molecule is COC(=O)C1CCN1C(C)c1ccccn1. The zero-order valence-corrected chi connectivity index (χ0v) is 9.59. The molecule has 1 aliphatic heterocycles. The van der Waals surface area contributed by atoms with E-state index in [4.69, 9.17) is 4.74 Å². The van der Waals surface area contributed by atoms with E-state index in [0.29, 0.717) is 0 Å². The topological polar surface area (TPSA) is 42.4 Å². The number of methoxy groups -OCH3 is 1. The number of carbonyl (C=O) groups excluding carboxylic acids is 1. The third-order valence-electron chi connectivity index (χ3n) is 3.15. The molecule has 4 heteroatoms. The Hall–Kier alpha value is -1.42. The number of carbonyl (C=O) groups is 1. The predicted octanol–water partition coefficient (Wildman–Crippen LogP) is 1.39. The van der Waals surface area contributed by atoms with E-state index in [1.165, 1.54) is 7.11 Å². The van der Waals surface area contributed by atoms with Crippen molar-refractivity contribution in [1.82, 2.24) is 9.88 Å². The summed E-state index contributed by atoms with van der Waals surface area (Å²) in [6.45, 7) is 2.99. The van der Waals surface area contributed by atoms with E-state index in [0.717, 1.165) is 18.7 Å². The van der Waals surface area contributed by atoms with Gasteiger partial charge in [-0.2, -0.15) is 0 Å². The second-order valence-electron chi connectivity index (χ2n) is 4.00. The van der Waals surface area contributed by atoms with Crippen LogP contribution in [0.4, 0.5) is 0 Å². The van der Waals surface area contributed by atoms with Gasteiger partial charge in [-0.05, 0) is 25.5 Å². The summed E-state index contributed by atoms with van der Waals surface area (Å²) in [4.78, 5) is 17.9. The van der Waals surface area contributed by atoms with Gasteiger partial charge in [0.15, 0.2) is 0 Å². The first kappa shape index (κ1) is 11.1. The molecule has 0 aliphatic carbocycles. The molecule has 4 nitrogen and oxygen atoms in total. The highest BCUT2D eigenvalue weighted by atomic mass is 16.5. The molecule has 0 amide bonds. The average molecular weight is 220 g/mol. The van der Waals surface area contributed by atoms with Gasteiger partial charge in [-0.15, -0.1) is 0 Å². The third-order valence-corrected chi connectivity index (χ3v) is 3.15. The van der Waals surface area contributed by atoms with E-state index in [2.05, 4.69) is 16.8 Å². The van der Waals surface area contributed by atoms with Crippen LogP contribution in [0.2, 0.25) is 0 Å². The van der Waals surface area contributed by atoms with E-state index in [1.807, 2.05) is 18.2 Å². The summed E-state index contributed by atoms with van der Waals surface area (Å²) < 4.78 is 4.77. The van der Waals surface area contributed by atoms with Crippen molar-refractivity contribution in [2.45, 2.75) is 25.4 Å². The Morgan fingerprint density at radius 2 is 2.44 bits per heavy atom. The number of hydrogen-bond donors (Lipinski definition) is 0. The molecular weight excluding hydrogens is 204 g/mol. The van der Waals surface area contributed by atoms with Gasteiger partial charge in [-0.25, -0.2) is 0 Å². The van der Waals surface area contributed by atoms with Gasteiger partial charge in [0.2, 0.25) is 0 Å². The van der Waals surface area contributed by atoms with Gasteiger partial charge in [-0.1, -0.05) is 6.07 Å². The lowest BCUT2D eigenvalue weighted by Gasteiger charge is -2.42. The molecule has 0 bridgehead atoms. The number of hydrogen-bond acceptors (Lipinski definition) is 4. The number of rotatable bonds is 3. The Labute approximate surface area is 95.2 Å². The summed E-state index contributed by atoms with van der Waals surface area (Å²) in [5.41, 5.74) is 0.996. The Morgan fingerprint density at radius 1 is 1.62 bits per heavy atom. The number of pyridine rings is 1. The molecule has 1 aliphatic rings. The molecule has 1 fully saturated rings. The van der Waals surface area contributed by atoms with Gasteiger partial charge in [0.25, 0.3) is 0 Å². The van der Waals surface area contributed by atoms with E-state index < -0.39 is 0 Å². The number of nitrogens with zero attached hydrogens (tertiary/aromatic N) is 2. The van der Waals surface area contributed by atoms with Crippen molar-refractivity contribution in [2.75, 3.05) is 13.7 Å². The summed E-state index contributed by atoms with van der Waals surface area (Å²) >= 11 is 0. The van der Waals surface area contributed by atoms with Crippen LogP contribution in [-0.2, 0) is 9.53 Å². The zero-order valence-electron chi connectivity index (χ0n) is 9.59. The fourth-order valence-corrected chi connectivity index (χ4v) is 2.05. The molecule has 1 saturated heterocycles. The number of likely N-dealkylation sites (tertiary alicyclic amines) is 1. The smallest absolute Gasteiger partial charge is 0.323 e. The molecule has 2 rings (SSSR count).